The monoisotopic (exact) mass is 929 g/mol. The van der Waals surface area contributed by atoms with Crippen molar-refractivity contribution in [2.45, 2.75) is 20.8 Å². The molecule has 0 saturated carbocycles. The Hall–Kier alpha value is -9.32. The molecule has 11 rings (SSSR count). The van der Waals surface area contributed by atoms with Crippen molar-refractivity contribution in [3.05, 3.63) is 278 Å². The zero-order chi connectivity index (χ0) is 48.8. The Bertz CT molecular complexity index is 3590. The third kappa shape index (κ3) is 8.92. The second kappa shape index (κ2) is 20.3. The fourth-order valence-electron chi connectivity index (χ4n) is 9.84. The minimum absolute atomic E-state index is 0.920. The maximum absolute atomic E-state index is 4.21. The molecule has 0 fully saturated rings. The maximum Gasteiger partial charge on any atom is 0.0805 e. The molecule has 0 radical (unpaired) electrons. The van der Waals surface area contributed by atoms with E-state index in [1.54, 1.807) is 0 Å². The third-order valence-corrected chi connectivity index (χ3v) is 13.5. The van der Waals surface area contributed by atoms with Crippen LogP contribution in [0.25, 0.3) is 33.0 Å². The van der Waals surface area contributed by atoms with E-state index in [2.05, 4.69) is 307 Å². The van der Waals surface area contributed by atoms with E-state index in [9.17, 15) is 0 Å². The number of nitrogens with zero attached hydrogens (tertiary/aromatic N) is 2. The van der Waals surface area contributed by atoms with Crippen molar-refractivity contribution >= 4 is 79.0 Å². The van der Waals surface area contributed by atoms with Gasteiger partial charge in [0.25, 0.3) is 0 Å². The van der Waals surface area contributed by atoms with Crippen LogP contribution >= 0.6 is 0 Å². The van der Waals surface area contributed by atoms with Gasteiger partial charge in [-0.2, -0.15) is 0 Å². The largest absolute Gasteiger partial charge is 0.353 e. The third-order valence-electron chi connectivity index (χ3n) is 13.5. The molecule has 5 heteroatoms. The van der Waals surface area contributed by atoms with Gasteiger partial charge in [0.1, 0.15) is 0 Å². The van der Waals surface area contributed by atoms with E-state index < -0.39 is 0 Å². The topological polar surface area (TPSA) is 42.6 Å². The zero-order valence-electron chi connectivity index (χ0n) is 40.7. The average molecular weight is 930 g/mol. The number of aryl methyl sites for hydroxylation is 2. The molecule has 11 aromatic carbocycles. The van der Waals surface area contributed by atoms with Gasteiger partial charge in [-0.25, -0.2) is 0 Å². The lowest BCUT2D eigenvalue weighted by Gasteiger charge is -2.37. The molecule has 0 aliphatic carbocycles. The molecule has 0 amide bonds. The summed E-state index contributed by atoms with van der Waals surface area (Å²) in [5, 5.41) is 14.8. The summed E-state index contributed by atoms with van der Waals surface area (Å²) in [6.07, 6.45) is 0. The lowest BCUT2D eigenvalue weighted by atomic mass is 9.89. The first kappa shape index (κ1) is 45.1. The Morgan fingerprint density at radius 2 is 0.694 bits per heavy atom. The van der Waals surface area contributed by atoms with Crippen LogP contribution in [0.1, 0.15) is 16.7 Å². The number of fused-ring (bicyclic) bond motifs is 1. The molecule has 0 spiro atoms. The van der Waals surface area contributed by atoms with Crippen molar-refractivity contribution < 1.29 is 0 Å². The van der Waals surface area contributed by atoms with Gasteiger partial charge in [-0.05, 0) is 121 Å². The van der Waals surface area contributed by atoms with Crippen LogP contribution in [0.5, 0.6) is 0 Å². The van der Waals surface area contributed by atoms with Crippen LogP contribution in [0, 0.1) is 20.8 Å². The molecule has 0 aliphatic heterocycles. The Balaban J connectivity index is 1.36. The fraction of sp³-hybridized carbons (Fsp3) is 0.0448. The van der Waals surface area contributed by atoms with E-state index in [1.807, 2.05) is 0 Å². The van der Waals surface area contributed by atoms with Crippen LogP contribution in [0.4, 0.5) is 68.2 Å². The minimum Gasteiger partial charge on any atom is -0.353 e. The van der Waals surface area contributed by atoms with Crippen molar-refractivity contribution in [3.63, 3.8) is 0 Å². The maximum atomic E-state index is 4.21. The van der Waals surface area contributed by atoms with Gasteiger partial charge in [-0.3, -0.25) is 0 Å². The zero-order valence-corrected chi connectivity index (χ0v) is 40.7. The summed E-state index contributed by atoms with van der Waals surface area (Å²) in [6, 6.07) is 92.9. The normalized spacial score (nSPS) is 11.0. The molecule has 0 aliphatic rings. The van der Waals surface area contributed by atoms with Crippen molar-refractivity contribution in [2.24, 2.45) is 0 Å². The molecule has 72 heavy (non-hydrogen) atoms. The summed E-state index contributed by atoms with van der Waals surface area (Å²) in [5.74, 6) is 0. The molecule has 0 bridgehead atoms. The second-order valence-corrected chi connectivity index (χ2v) is 18.1. The van der Waals surface area contributed by atoms with Crippen molar-refractivity contribution in [2.75, 3.05) is 25.8 Å². The minimum atomic E-state index is 0.920. The number of para-hydroxylation sites is 6. The molecule has 5 nitrogen and oxygen atoms in total. The van der Waals surface area contributed by atoms with Crippen LogP contribution in [-0.2, 0) is 0 Å². The highest BCUT2D eigenvalue weighted by atomic mass is 15.2. The SMILES string of the molecule is Cc1ccccc1Nc1c(-c2ccccc2)c(Nc2cccc(C)c2C)c(Nc2cccc3ccccc23)c(-c2ccccc2)c1N(c1ccccc1)c1ccccc1N(c1ccccc1)c1ccccc1. The van der Waals surface area contributed by atoms with Crippen LogP contribution in [0.3, 0.4) is 0 Å². The van der Waals surface area contributed by atoms with E-state index >= 15 is 0 Å². The molecule has 0 heterocycles. The highest BCUT2D eigenvalue weighted by molar-refractivity contribution is 6.16. The summed E-state index contributed by atoms with van der Waals surface area (Å²) in [4.78, 5) is 4.84. The summed E-state index contributed by atoms with van der Waals surface area (Å²) in [5.41, 5.74) is 19.4. The first-order valence-corrected chi connectivity index (χ1v) is 24.6. The molecule has 0 saturated heterocycles. The summed E-state index contributed by atoms with van der Waals surface area (Å²) in [6.45, 7) is 6.56. The Kier molecular flexibility index (Phi) is 12.7. The second-order valence-electron chi connectivity index (χ2n) is 18.1. The Morgan fingerprint density at radius 3 is 1.32 bits per heavy atom. The van der Waals surface area contributed by atoms with Crippen LogP contribution in [-0.4, -0.2) is 0 Å². The lowest BCUT2D eigenvalue weighted by molar-refractivity contribution is 1.22. The number of anilines is 12. The number of hydrogen-bond acceptors (Lipinski definition) is 5. The highest BCUT2D eigenvalue weighted by Gasteiger charge is 2.33. The summed E-state index contributed by atoms with van der Waals surface area (Å²) < 4.78 is 0. The molecule has 0 atom stereocenters. The smallest absolute Gasteiger partial charge is 0.0805 e. The molecule has 348 valence electrons. The van der Waals surface area contributed by atoms with Gasteiger partial charge in [0, 0.05) is 50.6 Å². The quantitative estimate of drug-likeness (QED) is 0.101. The van der Waals surface area contributed by atoms with Crippen molar-refractivity contribution in [1.82, 2.24) is 0 Å². The van der Waals surface area contributed by atoms with E-state index in [0.29, 0.717) is 0 Å². The number of hydrogen-bond donors (Lipinski definition) is 3. The standard InChI is InChI=1S/C67H55N5/c1-47-28-25-43-58(49(47)3)69-64-62(51-30-9-4-10-31-51)66(68-57-42-22-19-27-48(57)2)67(63(52-32-11-5-12-33-52)65(64)70-59-44-26-34-50-29-20-21-41-56(50)59)72(55-39-17-8-18-40-55)61-46-24-23-45-60(61)71(53-35-13-6-14-36-53)54-37-15-7-16-38-54/h4-46,68-70H,1-3H3. The van der Waals surface area contributed by atoms with Crippen LogP contribution < -0.4 is 25.8 Å². The van der Waals surface area contributed by atoms with Gasteiger partial charge in [0.2, 0.25) is 0 Å². The molecule has 0 unspecified atom stereocenters. The van der Waals surface area contributed by atoms with E-state index in [-0.39, 0.29) is 0 Å². The molecule has 0 aromatic heterocycles. The van der Waals surface area contributed by atoms with Crippen LogP contribution in [0.2, 0.25) is 0 Å². The fourth-order valence-corrected chi connectivity index (χ4v) is 9.84. The van der Waals surface area contributed by atoms with E-state index in [1.165, 1.54) is 11.1 Å². The molecule has 11 aromatic rings. The van der Waals surface area contributed by atoms with E-state index in [0.717, 1.165) is 107 Å². The number of benzene rings is 11. The Morgan fingerprint density at radius 1 is 0.292 bits per heavy atom. The average Bonchev–Trinajstić information content (AvgIpc) is 3.43. The predicted octanol–water partition coefficient (Wildman–Crippen LogP) is 19.3. The van der Waals surface area contributed by atoms with Gasteiger partial charge in [0.15, 0.2) is 0 Å². The van der Waals surface area contributed by atoms with Crippen molar-refractivity contribution in [3.8, 4) is 22.3 Å². The van der Waals surface area contributed by atoms with Gasteiger partial charge in [0.05, 0.1) is 34.1 Å². The first-order chi connectivity index (χ1) is 35.5. The first-order valence-electron chi connectivity index (χ1n) is 24.6. The highest BCUT2D eigenvalue weighted by Crippen LogP contribution is 2.60. The van der Waals surface area contributed by atoms with Gasteiger partial charge in [-0.1, -0.05) is 194 Å². The van der Waals surface area contributed by atoms with E-state index in [4.69, 9.17) is 0 Å². The van der Waals surface area contributed by atoms with Crippen LogP contribution in [0.15, 0.2) is 261 Å². The van der Waals surface area contributed by atoms with Gasteiger partial charge in [-0.15, -0.1) is 0 Å². The number of rotatable bonds is 14. The summed E-state index contributed by atoms with van der Waals surface area (Å²) >= 11 is 0. The molecular formula is C67H55N5. The Labute approximate surface area is 423 Å². The lowest BCUT2D eigenvalue weighted by Crippen LogP contribution is -2.20. The molecular weight excluding hydrogens is 875 g/mol. The van der Waals surface area contributed by atoms with Gasteiger partial charge >= 0.3 is 0 Å². The molecule has 3 N–H and O–H groups in total. The number of nitrogens with one attached hydrogen (secondary N) is 3. The summed E-state index contributed by atoms with van der Waals surface area (Å²) in [7, 11) is 0. The predicted molar refractivity (Wildman–Crippen MR) is 308 cm³/mol. The van der Waals surface area contributed by atoms with Gasteiger partial charge < -0.3 is 25.8 Å². The van der Waals surface area contributed by atoms with Crippen molar-refractivity contribution in [1.29, 1.82) is 0 Å².